The molecule has 1 aliphatic carbocycles. The first-order valence-corrected chi connectivity index (χ1v) is 8.73. The average Bonchev–Trinajstić information content (AvgIpc) is 3.22. The van der Waals surface area contributed by atoms with E-state index in [9.17, 15) is 5.11 Å². The highest BCUT2D eigenvalue weighted by molar-refractivity contribution is 7.99. The van der Waals surface area contributed by atoms with Gasteiger partial charge in [0.1, 0.15) is 0 Å². The first kappa shape index (κ1) is 16.4. The van der Waals surface area contributed by atoms with Gasteiger partial charge in [-0.05, 0) is 56.6 Å². The molecule has 0 aliphatic heterocycles. The zero-order valence-electron chi connectivity index (χ0n) is 11.7. The number of aliphatic hydroxyl groups is 1. The zero-order valence-corrected chi connectivity index (χ0v) is 14.0. The van der Waals surface area contributed by atoms with E-state index in [1.54, 1.807) is 17.8 Å². The lowest BCUT2D eigenvalue weighted by Crippen LogP contribution is -2.46. The van der Waals surface area contributed by atoms with Crippen LogP contribution >= 0.6 is 35.0 Å². The second-order valence-corrected chi connectivity index (χ2v) is 7.64. The molecule has 2 nitrogen and oxygen atoms in total. The standard InChI is InChI=1S/C15H21Cl2NOS/c1-15(10-19,18-12-4-5-12)7-2-8-20-14-9-11(16)3-6-13(14)17/h3,6,9,12,18-19H,2,4-5,7-8,10H2,1H3. The quantitative estimate of drug-likeness (QED) is 0.547. The third kappa shape index (κ3) is 5.12. The summed E-state index contributed by atoms with van der Waals surface area (Å²) in [4.78, 5) is 1.03. The molecule has 1 atom stereocenters. The fourth-order valence-corrected chi connectivity index (χ4v) is 3.59. The van der Waals surface area contributed by atoms with E-state index in [0.717, 1.165) is 28.5 Å². The van der Waals surface area contributed by atoms with Crippen molar-refractivity contribution in [3.63, 3.8) is 0 Å². The predicted octanol–water partition coefficient (Wildman–Crippen LogP) is 4.37. The Kier molecular flexibility index (Phi) is 6.06. The largest absolute Gasteiger partial charge is 0.394 e. The lowest BCUT2D eigenvalue weighted by molar-refractivity contribution is 0.163. The topological polar surface area (TPSA) is 32.3 Å². The molecule has 20 heavy (non-hydrogen) atoms. The molecular weight excluding hydrogens is 313 g/mol. The molecule has 0 heterocycles. The predicted molar refractivity (Wildman–Crippen MR) is 88.1 cm³/mol. The van der Waals surface area contributed by atoms with Gasteiger partial charge >= 0.3 is 0 Å². The fraction of sp³-hybridized carbons (Fsp3) is 0.600. The van der Waals surface area contributed by atoms with Crippen molar-refractivity contribution in [2.75, 3.05) is 12.4 Å². The molecule has 0 radical (unpaired) electrons. The number of rotatable bonds is 8. The highest BCUT2D eigenvalue weighted by Crippen LogP contribution is 2.31. The molecule has 0 saturated heterocycles. The summed E-state index contributed by atoms with van der Waals surface area (Å²) in [6.07, 6.45) is 4.47. The van der Waals surface area contributed by atoms with Crippen LogP contribution in [0.5, 0.6) is 0 Å². The summed E-state index contributed by atoms with van der Waals surface area (Å²) in [7, 11) is 0. The maximum Gasteiger partial charge on any atom is 0.0610 e. The SMILES string of the molecule is CC(CO)(CCCSc1cc(Cl)ccc1Cl)NC1CC1. The lowest BCUT2D eigenvalue weighted by atomic mass is 9.97. The molecule has 0 amide bonds. The second kappa shape index (κ2) is 7.37. The lowest BCUT2D eigenvalue weighted by Gasteiger charge is -2.29. The van der Waals surface area contributed by atoms with Gasteiger partial charge in [0.2, 0.25) is 0 Å². The summed E-state index contributed by atoms with van der Waals surface area (Å²) < 4.78 is 0. The first-order valence-electron chi connectivity index (χ1n) is 6.99. The normalized spacial score (nSPS) is 18.0. The Balaban J connectivity index is 1.76. The van der Waals surface area contributed by atoms with Crippen LogP contribution in [0.4, 0.5) is 0 Å². The van der Waals surface area contributed by atoms with Crippen LogP contribution < -0.4 is 5.32 Å². The van der Waals surface area contributed by atoms with E-state index >= 15 is 0 Å². The van der Waals surface area contributed by atoms with Gasteiger partial charge in [-0.25, -0.2) is 0 Å². The van der Waals surface area contributed by atoms with Crippen molar-refractivity contribution in [1.29, 1.82) is 0 Å². The molecule has 1 saturated carbocycles. The molecule has 5 heteroatoms. The Labute approximate surface area is 135 Å². The Bertz CT molecular complexity index is 453. The number of hydrogen-bond donors (Lipinski definition) is 2. The third-order valence-corrected chi connectivity index (χ3v) is 5.32. The van der Waals surface area contributed by atoms with Gasteiger partial charge in [-0.15, -0.1) is 11.8 Å². The fourth-order valence-electron chi connectivity index (χ4n) is 2.15. The summed E-state index contributed by atoms with van der Waals surface area (Å²) in [6, 6.07) is 6.15. The van der Waals surface area contributed by atoms with E-state index in [2.05, 4.69) is 12.2 Å². The Morgan fingerprint density at radius 1 is 1.40 bits per heavy atom. The molecule has 1 fully saturated rings. The number of aliphatic hydroxyl groups excluding tert-OH is 1. The summed E-state index contributed by atoms with van der Waals surface area (Å²) >= 11 is 13.8. The molecule has 112 valence electrons. The number of thioether (sulfide) groups is 1. The van der Waals surface area contributed by atoms with Crippen LogP contribution in [0.25, 0.3) is 0 Å². The van der Waals surface area contributed by atoms with Crippen molar-refractivity contribution >= 4 is 35.0 Å². The van der Waals surface area contributed by atoms with Gasteiger partial charge in [0.15, 0.2) is 0 Å². The molecule has 0 spiro atoms. The van der Waals surface area contributed by atoms with E-state index in [1.165, 1.54) is 12.8 Å². The van der Waals surface area contributed by atoms with Gasteiger partial charge in [-0.1, -0.05) is 23.2 Å². The van der Waals surface area contributed by atoms with Crippen molar-refractivity contribution in [3.8, 4) is 0 Å². The van der Waals surface area contributed by atoms with E-state index < -0.39 is 0 Å². The van der Waals surface area contributed by atoms with Gasteiger partial charge in [-0.2, -0.15) is 0 Å². The van der Waals surface area contributed by atoms with Crippen LogP contribution in [-0.4, -0.2) is 29.0 Å². The van der Waals surface area contributed by atoms with E-state index in [1.807, 2.05) is 12.1 Å². The number of nitrogens with one attached hydrogen (secondary N) is 1. The van der Waals surface area contributed by atoms with E-state index in [0.29, 0.717) is 11.1 Å². The van der Waals surface area contributed by atoms with Crippen LogP contribution in [0, 0.1) is 0 Å². The van der Waals surface area contributed by atoms with Crippen LogP contribution in [0.3, 0.4) is 0 Å². The Morgan fingerprint density at radius 2 is 2.15 bits per heavy atom. The summed E-state index contributed by atoms with van der Waals surface area (Å²) in [5, 5.41) is 14.5. The third-order valence-electron chi connectivity index (χ3n) is 3.50. The van der Waals surface area contributed by atoms with Crippen LogP contribution in [0.2, 0.25) is 10.0 Å². The highest BCUT2D eigenvalue weighted by Gasteiger charge is 2.31. The van der Waals surface area contributed by atoms with Gasteiger partial charge in [0.05, 0.1) is 11.6 Å². The van der Waals surface area contributed by atoms with Gasteiger partial charge in [0.25, 0.3) is 0 Å². The number of hydrogen-bond acceptors (Lipinski definition) is 3. The molecule has 1 aromatic rings. The molecule has 0 bridgehead atoms. The molecule has 2 N–H and O–H groups in total. The van der Waals surface area contributed by atoms with Crippen LogP contribution in [0.1, 0.15) is 32.6 Å². The molecule has 0 aromatic heterocycles. The first-order chi connectivity index (χ1) is 9.52. The van der Waals surface area contributed by atoms with Crippen LogP contribution in [-0.2, 0) is 0 Å². The van der Waals surface area contributed by atoms with Crippen molar-refractivity contribution in [3.05, 3.63) is 28.2 Å². The second-order valence-electron chi connectivity index (χ2n) is 5.66. The van der Waals surface area contributed by atoms with Gasteiger partial charge in [0, 0.05) is 21.5 Å². The van der Waals surface area contributed by atoms with Gasteiger partial charge < -0.3 is 10.4 Å². The monoisotopic (exact) mass is 333 g/mol. The van der Waals surface area contributed by atoms with Crippen molar-refractivity contribution < 1.29 is 5.11 Å². The number of halogens is 2. The molecule has 1 unspecified atom stereocenters. The minimum absolute atomic E-state index is 0.153. The maximum atomic E-state index is 9.55. The smallest absolute Gasteiger partial charge is 0.0610 e. The van der Waals surface area contributed by atoms with Crippen molar-refractivity contribution in [2.45, 2.75) is 49.1 Å². The van der Waals surface area contributed by atoms with Gasteiger partial charge in [-0.3, -0.25) is 0 Å². The van der Waals surface area contributed by atoms with E-state index in [-0.39, 0.29) is 12.1 Å². The molecule has 1 aliphatic rings. The minimum atomic E-state index is -0.153. The molecule has 2 rings (SSSR count). The average molecular weight is 334 g/mol. The summed E-state index contributed by atoms with van der Waals surface area (Å²) in [5.74, 6) is 0.974. The summed E-state index contributed by atoms with van der Waals surface area (Å²) in [5.41, 5.74) is -0.153. The molecular formula is C15H21Cl2NOS. The number of benzene rings is 1. The molecule has 1 aromatic carbocycles. The van der Waals surface area contributed by atoms with Crippen molar-refractivity contribution in [2.24, 2.45) is 0 Å². The van der Waals surface area contributed by atoms with E-state index in [4.69, 9.17) is 23.2 Å². The Hall–Kier alpha value is 0.0700. The zero-order chi connectivity index (χ0) is 14.6. The van der Waals surface area contributed by atoms with Crippen molar-refractivity contribution in [1.82, 2.24) is 5.32 Å². The minimum Gasteiger partial charge on any atom is -0.394 e. The summed E-state index contributed by atoms with van der Waals surface area (Å²) in [6.45, 7) is 2.29. The van der Waals surface area contributed by atoms with Crippen LogP contribution in [0.15, 0.2) is 23.1 Å². The highest BCUT2D eigenvalue weighted by atomic mass is 35.5. The Morgan fingerprint density at radius 3 is 2.80 bits per heavy atom. The maximum absolute atomic E-state index is 9.55.